The second kappa shape index (κ2) is 10.00. The molecule has 2 aromatic carbocycles. The summed E-state index contributed by atoms with van der Waals surface area (Å²) in [6.07, 6.45) is 1.35. The number of carbonyl (C=O) groups excluding carboxylic acids is 3. The zero-order valence-corrected chi connectivity index (χ0v) is 18.4. The molecule has 0 spiro atoms. The average molecular weight is 467 g/mol. The Balaban J connectivity index is 1.47. The Bertz CT molecular complexity index is 1090. The lowest BCUT2D eigenvalue weighted by atomic mass is 9.85. The highest BCUT2D eigenvalue weighted by Gasteiger charge is 2.56. The standard InChI is InChI=1S/C23H25N5O6/c1-2-32-12-11-23(19(29)18(24)21(30)27-22(23)31)34-17-9-7-16(8-10-17)33-15-5-3-14(4-6-15)20-25-13-26-28-20/h3-10,13,18,20,28H,2,11-12,24H2,1H3,(H,25,26)(H,27,30,31). The van der Waals surface area contributed by atoms with Crippen molar-refractivity contribution >= 4 is 23.9 Å². The van der Waals surface area contributed by atoms with E-state index in [0.29, 0.717) is 18.1 Å². The maximum atomic E-state index is 12.9. The molecule has 34 heavy (non-hydrogen) atoms. The number of imide groups is 1. The number of carbonyl (C=O) groups is 3. The molecule has 0 aromatic heterocycles. The summed E-state index contributed by atoms with van der Waals surface area (Å²) >= 11 is 0. The lowest BCUT2D eigenvalue weighted by Gasteiger charge is -2.36. The Kier molecular flexibility index (Phi) is 6.87. The van der Waals surface area contributed by atoms with E-state index < -0.39 is 29.2 Å². The summed E-state index contributed by atoms with van der Waals surface area (Å²) in [5, 5.41) is 2.12. The average Bonchev–Trinajstić information content (AvgIpc) is 3.38. The van der Waals surface area contributed by atoms with Crippen molar-refractivity contribution in [3.8, 4) is 17.2 Å². The van der Waals surface area contributed by atoms with Gasteiger partial charge in [0, 0.05) is 13.0 Å². The van der Waals surface area contributed by atoms with E-state index in [0.717, 1.165) is 5.56 Å². The monoisotopic (exact) mass is 467 g/mol. The molecule has 0 aliphatic carbocycles. The number of ketones is 1. The van der Waals surface area contributed by atoms with Gasteiger partial charge in [-0.1, -0.05) is 12.1 Å². The van der Waals surface area contributed by atoms with Gasteiger partial charge in [0.1, 0.15) is 29.5 Å². The van der Waals surface area contributed by atoms with Crippen LogP contribution in [0, 0.1) is 0 Å². The van der Waals surface area contributed by atoms with Crippen LogP contribution in [0.2, 0.25) is 0 Å². The third kappa shape index (κ3) is 4.76. The Morgan fingerprint density at radius 3 is 2.26 bits per heavy atom. The van der Waals surface area contributed by atoms with Crippen molar-refractivity contribution in [2.45, 2.75) is 31.2 Å². The van der Waals surface area contributed by atoms with E-state index in [1.54, 1.807) is 37.5 Å². The van der Waals surface area contributed by atoms with E-state index in [4.69, 9.17) is 19.9 Å². The highest BCUT2D eigenvalue weighted by atomic mass is 16.5. The van der Waals surface area contributed by atoms with Gasteiger partial charge in [-0.25, -0.2) is 10.4 Å². The quantitative estimate of drug-likeness (QED) is 0.237. The van der Waals surface area contributed by atoms with Gasteiger partial charge in [-0.15, -0.1) is 0 Å². The van der Waals surface area contributed by atoms with E-state index in [-0.39, 0.29) is 24.9 Å². The van der Waals surface area contributed by atoms with Gasteiger partial charge in [0.05, 0.1) is 12.9 Å². The first-order chi connectivity index (χ1) is 16.4. The zero-order chi connectivity index (χ0) is 24.1. The van der Waals surface area contributed by atoms with Crippen LogP contribution in [0.15, 0.2) is 53.5 Å². The summed E-state index contributed by atoms with van der Waals surface area (Å²) in [7, 11) is 0. The molecular formula is C23H25N5O6. The number of amides is 2. The Labute approximate surface area is 195 Å². The number of hydrazine groups is 1. The van der Waals surface area contributed by atoms with Crippen molar-refractivity contribution in [2.75, 3.05) is 13.2 Å². The number of rotatable bonds is 9. The van der Waals surface area contributed by atoms with Gasteiger partial charge in [0.25, 0.3) is 11.8 Å². The molecule has 3 unspecified atom stereocenters. The number of benzene rings is 2. The molecule has 0 radical (unpaired) electrons. The Morgan fingerprint density at radius 2 is 1.65 bits per heavy atom. The molecule has 0 bridgehead atoms. The van der Waals surface area contributed by atoms with E-state index in [9.17, 15) is 14.4 Å². The largest absolute Gasteiger partial charge is 0.469 e. The first-order valence-corrected chi connectivity index (χ1v) is 10.8. The van der Waals surface area contributed by atoms with Crippen LogP contribution < -0.4 is 31.4 Å². The number of nitrogens with one attached hydrogen (secondary N) is 3. The van der Waals surface area contributed by atoms with Gasteiger partial charge >= 0.3 is 0 Å². The van der Waals surface area contributed by atoms with Gasteiger partial charge in [-0.2, -0.15) is 0 Å². The van der Waals surface area contributed by atoms with Crippen LogP contribution in [-0.2, 0) is 19.1 Å². The van der Waals surface area contributed by atoms with Gasteiger partial charge in [0.15, 0.2) is 0 Å². The molecule has 2 amide bonds. The SMILES string of the molecule is CCOCCC1(Oc2ccc(Oc3ccc(C4N=CNN4)cc3)cc2)C(=O)NC(=O)C(N)C1=O. The highest BCUT2D eigenvalue weighted by Crippen LogP contribution is 2.30. The summed E-state index contributed by atoms with van der Waals surface area (Å²) in [4.78, 5) is 41.6. The van der Waals surface area contributed by atoms with Crippen molar-refractivity contribution in [1.82, 2.24) is 16.2 Å². The normalized spacial score (nSPS) is 24.0. The first-order valence-electron chi connectivity index (χ1n) is 10.8. The maximum absolute atomic E-state index is 12.9. The molecule has 2 aliphatic rings. The van der Waals surface area contributed by atoms with E-state index in [2.05, 4.69) is 21.2 Å². The number of nitrogens with two attached hydrogens (primary N) is 1. The highest BCUT2D eigenvalue weighted by molar-refractivity contribution is 6.27. The topological polar surface area (TPSA) is 153 Å². The minimum atomic E-state index is -1.97. The summed E-state index contributed by atoms with van der Waals surface area (Å²) in [5.74, 6) is -1.15. The fourth-order valence-electron chi connectivity index (χ4n) is 3.58. The lowest BCUT2D eigenvalue weighted by molar-refractivity contribution is -0.159. The summed E-state index contributed by atoms with van der Waals surface area (Å²) in [6, 6.07) is 12.3. The van der Waals surface area contributed by atoms with Crippen LogP contribution in [0.25, 0.3) is 0 Å². The molecular weight excluding hydrogens is 442 g/mol. The van der Waals surface area contributed by atoms with Crippen molar-refractivity contribution in [3.63, 3.8) is 0 Å². The van der Waals surface area contributed by atoms with E-state index >= 15 is 0 Å². The van der Waals surface area contributed by atoms with Crippen LogP contribution >= 0.6 is 0 Å². The van der Waals surface area contributed by atoms with Crippen molar-refractivity contribution < 1.29 is 28.6 Å². The minimum absolute atomic E-state index is 0.0749. The van der Waals surface area contributed by atoms with Crippen LogP contribution in [0.3, 0.4) is 0 Å². The van der Waals surface area contributed by atoms with Crippen molar-refractivity contribution in [1.29, 1.82) is 0 Å². The van der Waals surface area contributed by atoms with Crippen LogP contribution in [0.5, 0.6) is 17.2 Å². The molecule has 5 N–H and O–H groups in total. The number of ether oxygens (including phenoxy) is 3. The number of hydrogen-bond donors (Lipinski definition) is 4. The minimum Gasteiger partial charge on any atom is -0.469 e. The Hall–Kier alpha value is -3.80. The zero-order valence-electron chi connectivity index (χ0n) is 18.4. The lowest BCUT2D eigenvalue weighted by Crippen LogP contribution is -2.70. The molecule has 2 heterocycles. The van der Waals surface area contributed by atoms with E-state index in [1.807, 2.05) is 24.3 Å². The number of aliphatic imine (C=N–C) groups is 1. The second-order valence-corrected chi connectivity index (χ2v) is 7.65. The smallest absolute Gasteiger partial charge is 0.278 e. The second-order valence-electron chi connectivity index (χ2n) is 7.65. The molecule has 2 aromatic rings. The van der Waals surface area contributed by atoms with Crippen molar-refractivity contribution in [3.05, 3.63) is 54.1 Å². The number of Topliss-reactive ketones (excluding diaryl/α,β-unsaturated/α-hetero) is 1. The van der Waals surface area contributed by atoms with Crippen LogP contribution in [0.4, 0.5) is 0 Å². The molecule has 2 aliphatic heterocycles. The van der Waals surface area contributed by atoms with Crippen LogP contribution in [-0.4, -0.2) is 48.8 Å². The van der Waals surface area contributed by atoms with Gasteiger partial charge in [-0.3, -0.25) is 19.7 Å². The van der Waals surface area contributed by atoms with Crippen molar-refractivity contribution in [2.24, 2.45) is 10.7 Å². The predicted octanol–water partition coefficient (Wildman–Crippen LogP) is 0.711. The third-order valence-corrected chi connectivity index (χ3v) is 5.42. The first kappa shape index (κ1) is 23.4. The maximum Gasteiger partial charge on any atom is 0.278 e. The molecule has 4 rings (SSSR count). The predicted molar refractivity (Wildman–Crippen MR) is 121 cm³/mol. The molecule has 1 saturated heterocycles. The number of hydrogen-bond acceptors (Lipinski definition) is 10. The molecule has 3 atom stereocenters. The summed E-state index contributed by atoms with van der Waals surface area (Å²) < 4.78 is 17.0. The summed E-state index contributed by atoms with van der Waals surface area (Å²) in [5.41, 5.74) is 10.5. The summed E-state index contributed by atoms with van der Waals surface area (Å²) in [6.45, 7) is 2.26. The van der Waals surface area contributed by atoms with E-state index in [1.165, 1.54) is 0 Å². The molecule has 178 valence electrons. The fraction of sp³-hybridized carbons (Fsp3) is 0.304. The Morgan fingerprint density at radius 1 is 1.00 bits per heavy atom. The molecule has 11 heteroatoms. The van der Waals surface area contributed by atoms with Crippen LogP contribution in [0.1, 0.15) is 25.1 Å². The van der Waals surface area contributed by atoms with Gasteiger partial charge in [-0.05, 0) is 48.9 Å². The van der Waals surface area contributed by atoms with Gasteiger partial charge < -0.3 is 25.4 Å². The molecule has 1 fully saturated rings. The number of piperidine rings is 1. The fourth-order valence-corrected chi connectivity index (χ4v) is 3.58. The number of nitrogens with zero attached hydrogens (tertiary/aromatic N) is 1. The third-order valence-electron chi connectivity index (χ3n) is 5.42. The molecule has 0 saturated carbocycles. The molecule has 11 nitrogen and oxygen atoms in total. The van der Waals surface area contributed by atoms with Gasteiger partial charge in [0.2, 0.25) is 11.4 Å².